The van der Waals surface area contributed by atoms with Gasteiger partial charge in [-0.1, -0.05) is 25.1 Å². The van der Waals surface area contributed by atoms with Crippen molar-refractivity contribution in [1.82, 2.24) is 10.3 Å². The minimum atomic E-state index is -0.414. The third kappa shape index (κ3) is 3.82. The summed E-state index contributed by atoms with van der Waals surface area (Å²) in [5.74, 6) is 0.221. The van der Waals surface area contributed by atoms with Crippen molar-refractivity contribution in [3.8, 4) is 16.9 Å². The second-order valence-electron chi connectivity index (χ2n) is 5.43. The van der Waals surface area contributed by atoms with Crippen molar-refractivity contribution in [2.75, 3.05) is 19.4 Å². The van der Waals surface area contributed by atoms with E-state index in [4.69, 9.17) is 21.9 Å². The van der Waals surface area contributed by atoms with Crippen molar-refractivity contribution < 1.29 is 9.53 Å². The monoisotopic (exact) mass is 341 g/mol. The number of hydrogen-bond acceptors (Lipinski definition) is 6. The summed E-state index contributed by atoms with van der Waals surface area (Å²) in [5.41, 5.74) is 20.7. The first-order valence-corrected chi connectivity index (χ1v) is 7.91. The van der Waals surface area contributed by atoms with E-state index in [9.17, 15) is 4.79 Å². The van der Waals surface area contributed by atoms with Crippen LogP contribution in [0.1, 0.15) is 18.9 Å². The molecule has 7 nitrogen and oxygen atoms in total. The number of nitrogens with zero attached hydrogens (tertiary/aromatic N) is 1. The fraction of sp³-hybridized carbons (Fsp3) is 0.222. The van der Waals surface area contributed by atoms with Gasteiger partial charge in [0.05, 0.1) is 12.8 Å². The number of pyridine rings is 1. The third-order valence-electron chi connectivity index (χ3n) is 3.76. The Bertz CT molecular complexity index is 802. The second-order valence-corrected chi connectivity index (χ2v) is 5.43. The number of ether oxygens (including phenoxy) is 1. The second kappa shape index (κ2) is 8.05. The molecule has 0 atom stereocenters. The van der Waals surface area contributed by atoms with Gasteiger partial charge >= 0.3 is 0 Å². The molecule has 0 unspecified atom stereocenters. The van der Waals surface area contributed by atoms with Crippen molar-refractivity contribution >= 4 is 17.3 Å². The van der Waals surface area contributed by atoms with Crippen LogP contribution >= 0.6 is 0 Å². The van der Waals surface area contributed by atoms with E-state index in [-0.39, 0.29) is 11.4 Å². The standard InChI is InChI=1S/C18H23N5O2/c1-3-8-23-18(24)17(21)16(20)12-6-4-5-11(15(12)19)13-10-22-9-7-14(13)25-2/h4-7,9-10H,3,8,19-21H2,1-2H3,(H,23,24)/b17-16+. The number of methoxy groups -OCH3 is 1. The van der Waals surface area contributed by atoms with Gasteiger partial charge < -0.3 is 27.3 Å². The van der Waals surface area contributed by atoms with E-state index in [1.165, 1.54) is 0 Å². The van der Waals surface area contributed by atoms with Gasteiger partial charge in [-0.05, 0) is 12.5 Å². The van der Waals surface area contributed by atoms with Crippen LogP contribution in [-0.4, -0.2) is 24.5 Å². The maximum atomic E-state index is 12.0. The molecule has 0 aliphatic rings. The number of hydrogen-bond donors (Lipinski definition) is 4. The van der Waals surface area contributed by atoms with Gasteiger partial charge in [0.15, 0.2) is 0 Å². The predicted molar refractivity (Wildman–Crippen MR) is 99.2 cm³/mol. The molecule has 0 radical (unpaired) electrons. The Labute approximate surface area is 146 Å². The van der Waals surface area contributed by atoms with Crippen LogP contribution in [0.15, 0.2) is 42.4 Å². The highest BCUT2D eigenvalue weighted by Gasteiger charge is 2.16. The maximum absolute atomic E-state index is 12.0. The normalized spacial score (nSPS) is 11.6. The number of anilines is 1. The summed E-state index contributed by atoms with van der Waals surface area (Å²) in [7, 11) is 1.57. The quantitative estimate of drug-likeness (QED) is 0.465. The Morgan fingerprint density at radius 3 is 2.68 bits per heavy atom. The maximum Gasteiger partial charge on any atom is 0.269 e. The highest BCUT2D eigenvalue weighted by atomic mass is 16.5. The number of rotatable bonds is 6. The van der Waals surface area contributed by atoms with E-state index >= 15 is 0 Å². The number of benzene rings is 1. The third-order valence-corrected chi connectivity index (χ3v) is 3.76. The van der Waals surface area contributed by atoms with E-state index < -0.39 is 5.91 Å². The van der Waals surface area contributed by atoms with Crippen LogP contribution in [0.5, 0.6) is 5.75 Å². The molecule has 0 saturated carbocycles. The van der Waals surface area contributed by atoms with Crippen LogP contribution in [0.4, 0.5) is 5.69 Å². The lowest BCUT2D eigenvalue weighted by Crippen LogP contribution is -2.31. The fourth-order valence-electron chi connectivity index (χ4n) is 2.40. The molecule has 1 aromatic heterocycles. The Morgan fingerprint density at radius 2 is 2.00 bits per heavy atom. The van der Waals surface area contributed by atoms with Gasteiger partial charge in [-0.15, -0.1) is 0 Å². The molecule has 0 aliphatic carbocycles. The molecule has 0 aliphatic heterocycles. The molecule has 7 N–H and O–H groups in total. The van der Waals surface area contributed by atoms with Gasteiger partial charge in [-0.2, -0.15) is 0 Å². The van der Waals surface area contributed by atoms with Crippen molar-refractivity contribution in [2.45, 2.75) is 13.3 Å². The lowest BCUT2D eigenvalue weighted by Gasteiger charge is -2.15. The SMILES string of the molecule is CCCNC(=O)/C(N)=C(\N)c1cccc(-c2cnccc2OC)c1N. The minimum absolute atomic E-state index is 0.0598. The van der Waals surface area contributed by atoms with Crippen LogP contribution in [-0.2, 0) is 4.79 Å². The molecule has 1 amide bonds. The Balaban J connectivity index is 2.50. The topological polar surface area (TPSA) is 129 Å². The van der Waals surface area contributed by atoms with Crippen molar-refractivity contribution in [2.24, 2.45) is 11.5 Å². The summed E-state index contributed by atoms with van der Waals surface area (Å²) in [6.45, 7) is 2.47. The van der Waals surface area contributed by atoms with E-state index in [2.05, 4.69) is 10.3 Å². The molecular weight excluding hydrogens is 318 g/mol. The lowest BCUT2D eigenvalue weighted by molar-refractivity contribution is -0.117. The molecular formula is C18H23N5O2. The van der Waals surface area contributed by atoms with Crippen LogP contribution in [0, 0.1) is 0 Å². The molecule has 2 aromatic rings. The predicted octanol–water partition coefficient (Wildman–Crippen LogP) is 1.45. The molecule has 25 heavy (non-hydrogen) atoms. The van der Waals surface area contributed by atoms with Crippen LogP contribution in [0.2, 0.25) is 0 Å². The summed E-state index contributed by atoms with van der Waals surface area (Å²) in [6, 6.07) is 7.08. The molecule has 1 aromatic carbocycles. The molecule has 7 heteroatoms. The zero-order valence-corrected chi connectivity index (χ0v) is 14.4. The highest BCUT2D eigenvalue weighted by Crippen LogP contribution is 2.35. The number of nitrogens with one attached hydrogen (secondary N) is 1. The average molecular weight is 341 g/mol. The van der Waals surface area contributed by atoms with Gasteiger partial charge in [0, 0.05) is 41.3 Å². The number of carbonyl (C=O) groups is 1. The molecule has 0 fully saturated rings. The minimum Gasteiger partial charge on any atom is -0.496 e. The lowest BCUT2D eigenvalue weighted by atomic mass is 9.98. The first-order valence-electron chi connectivity index (χ1n) is 7.91. The van der Waals surface area contributed by atoms with Gasteiger partial charge in [-0.3, -0.25) is 9.78 Å². The molecule has 2 rings (SSSR count). The number of nitrogen functional groups attached to an aromatic ring is 1. The van der Waals surface area contributed by atoms with Crippen molar-refractivity contribution in [3.63, 3.8) is 0 Å². The Hall–Kier alpha value is -3.22. The van der Waals surface area contributed by atoms with Crippen molar-refractivity contribution in [1.29, 1.82) is 0 Å². The molecule has 0 bridgehead atoms. The average Bonchev–Trinajstić information content (AvgIpc) is 2.65. The zero-order valence-electron chi connectivity index (χ0n) is 14.4. The molecule has 0 saturated heterocycles. The Kier molecular flexibility index (Phi) is 5.84. The van der Waals surface area contributed by atoms with Crippen LogP contribution < -0.4 is 27.3 Å². The fourth-order valence-corrected chi connectivity index (χ4v) is 2.40. The molecule has 132 valence electrons. The van der Waals surface area contributed by atoms with Gasteiger partial charge in [0.1, 0.15) is 11.4 Å². The summed E-state index contributed by atoms with van der Waals surface area (Å²) >= 11 is 0. The summed E-state index contributed by atoms with van der Waals surface area (Å²) in [4.78, 5) is 16.2. The largest absolute Gasteiger partial charge is 0.496 e. The smallest absolute Gasteiger partial charge is 0.269 e. The van der Waals surface area contributed by atoms with Crippen LogP contribution in [0.25, 0.3) is 16.8 Å². The van der Waals surface area contributed by atoms with E-state index in [0.717, 1.165) is 12.0 Å². The number of carbonyl (C=O) groups excluding carboxylic acids is 1. The number of aromatic nitrogens is 1. The van der Waals surface area contributed by atoms with Gasteiger partial charge in [0.25, 0.3) is 5.91 Å². The van der Waals surface area contributed by atoms with Gasteiger partial charge in [-0.25, -0.2) is 0 Å². The summed E-state index contributed by atoms with van der Waals surface area (Å²) < 4.78 is 5.36. The molecule has 0 spiro atoms. The van der Waals surface area contributed by atoms with Crippen LogP contribution in [0.3, 0.4) is 0 Å². The zero-order chi connectivity index (χ0) is 18.4. The number of amides is 1. The number of nitrogens with two attached hydrogens (primary N) is 3. The van der Waals surface area contributed by atoms with E-state index in [0.29, 0.717) is 29.1 Å². The van der Waals surface area contributed by atoms with E-state index in [1.54, 1.807) is 37.7 Å². The Morgan fingerprint density at radius 1 is 1.24 bits per heavy atom. The molecule has 1 heterocycles. The first kappa shape index (κ1) is 18.1. The number of para-hydroxylation sites is 1. The van der Waals surface area contributed by atoms with E-state index in [1.807, 2.05) is 13.0 Å². The van der Waals surface area contributed by atoms with Crippen molar-refractivity contribution in [3.05, 3.63) is 47.9 Å². The first-order chi connectivity index (χ1) is 12.0. The van der Waals surface area contributed by atoms with Gasteiger partial charge in [0.2, 0.25) is 0 Å². The highest BCUT2D eigenvalue weighted by molar-refractivity contribution is 6.01. The summed E-state index contributed by atoms with van der Waals surface area (Å²) in [6.07, 6.45) is 4.09. The summed E-state index contributed by atoms with van der Waals surface area (Å²) in [5, 5.41) is 2.69.